The first-order valence-electron chi connectivity index (χ1n) is 7.43. The van der Waals surface area contributed by atoms with Gasteiger partial charge in [0.05, 0.1) is 12.0 Å². The summed E-state index contributed by atoms with van der Waals surface area (Å²) in [5, 5.41) is 14.2. The molecule has 0 aliphatic rings. The van der Waals surface area contributed by atoms with E-state index in [1.165, 1.54) is 32.4 Å². The maximum absolute atomic E-state index is 11.5. The van der Waals surface area contributed by atoms with Crippen molar-refractivity contribution >= 4 is 29.2 Å². The molecule has 0 atom stereocenters. The van der Waals surface area contributed by atoms with Crippen LogP contribution in [0.5, 0.6) is 11.5 Å². The predicted octanol–water partition coefficient (Wildman–Crippen LogP) is 4.08. The van der Waals surface area contributed by atoms with Gasteiger partial charge in [-0.1, -0.05) is 11.6 Å². The third-order valence-electron chi connectivity index (χ3n) is 3.37. The van der Waals surface area contributed by atoms with Crippen LogP contribution in [0.2, 0.25) is 5.02 Å². The van der Waals surface area contributed by atoms with E-state index >= 15 is 0 Å². The first kappa shape index (κ1) is 19.2. The van der Waals surface area contributed by atoms with E-state index in [0.717, 1.165) is 5.56 Å². The zero-order chi connectivity index (χ0) is 19.3. The molecule has 0 aliphatic carbocycles. The van der Waals surface area contributed by atoms with Crippen molar-refractivity contribution < 1.29 is 19.2 Å². The number of urea groups is 1. The zero-order valence-electron chi connectivity index (χ0n) is 14.3. The molecule has 8 nitrogen and oxygen atoms in total. The Morgan fingerprint density at radius 2 is 2.00 bits per heavy atom. The minimum atomic E-state index is -0.698. The molecule has 0 unspecified atom stereocenters. The molecule has 0 radical (unpaired) electrons. The predicted molar refractivity (Wildman–Crippen MR) is 97.4 cm³/mol. The van der Waals surface area contributed by atoms with Crippen molar-refractivity contribution in [1.82, 2.24) is 5.32 Å². The molecule has 2 rings (SSSR count). The number of hydrogen-bond acceptors (Lipinski definition) is 5. The Hall–Kier alpha value is -3.13. The summed E-state index contributed by atoms with van der Waals surface area (Å²) in [7, 11) is 2.65. The van der Waals surface area contributed by atoms with Crippen LogP contribution in [-0.4, -0.2) is 31.0 Å². The van der Waals surface area contributed by atoms with Crippen molar-refractivity contribution in [1.29, 1.82) is 0 Å². The summed E-state index contributed by atoms with van der Waals surface area (Å²) in [6.45, 7) is 1.82. The minimum absolute atomic E-state index is 0.0187. The molecule has 0 spiro atoms. The zero-order valence-corrected chi connectivity index (χ0v) is 15.0. The SMILES string of the molecule is CNC(=O)N=C(OC)c1cc(Oc2ccc(Cl)cc2C)ccc1[N+](=O)[O-]. The normalized spacial score (nSPS) is 11.0. The fraction of sp³-hybridized carbons (Fsp3) is 0.176. The number of carbonyl (C=O) groups is 1. The summed E-state index contributed by atoms with van der Waals surface area (Å²) in [5.74, 6) is 0.656. The van der Waals surface area contributed by atoms with Crippen molar-refractivity contribution in [3.05, 3.63) is 62.7 Å². The van der Waals surface area contributed by atoms with Crippen LogP contribution in [0.25, 0.3) is 0 Å². The van der Waals surface area contributed by atoms with Crippen LogP contribution in [0.15, 0.2) is 41.4 Å². The molecule has 0 bridgehead atoms. The second kappa shape index (κ2) is 8.30. The van der Waals surface area contributed by atoms with Crippen LogP contribution in [-0.2, 0) is 4.74 Å². The Morgan fingerprint density at radius 1 is 1.27 bits per heavy atom. The molecule has 0 saturated heterocycles. The first-order chi connectivity index (χ1) is 12.3. The molecule has 0 fully saturated rings. The highest BCUT2D eigenvalue weighted by atomic mass is 35.5. The molecule has 2 aromatic carbocycles. The van der Waals surface area contributed by atoms with E-state index in [1.54, 1.807) is 18.2 Å². The number of carbonyl (C=O) groups excluding carboxylic acids is 1. The van der Waals surface area contributed by atoms with E-state index < -0.39 is 11.0 Å². The number of halogens is 1. The fourth-order valence-corrected chi connectivity index (χ4v) is 2.35. The third-order valence-corrected chi connectivity index (χ3v) is 3.61. The van der Waals surface area contributed by atoms with Gasteiger partial charge in [0.25, 0.3) is 5.69 Å². The van der Waals surface area contributed by atoms with Crippen molar-refractivity contribution in [2.24, 2.45) is 4.99 Å². The molecule has 2 aromatic rings. The number of aryl methyl sites for hydroxylation is 1. The molecule has 26 heavy (non-hydrogen) atoms. The van der Waals surface area contributed by atoms with E-state index in [9.17, 15) is 14.9 Å². The van der Waals surface area contributed by atoms with Crippen LogP contribution < -0.4 is 10.1 Å². The molecule has 0 aromatic heterocycles. The highest BCUT2D eigenvalue weighted by molar-refractivity contribution is 6.30. The van der Waals surface area contributed by atoms with Crippen LogP contribution >= 0.6 is 11.6 Å². The van der Waals surface area contributed by atoms with Crippen LogP contribution in [0, 0.1) is 17.0 Å². The Morgan fingerprint density at radius 3 is 2.58 bits per heavy atom. The van der Waals surface area contributed by atoms with Crippen molar-refractivity contribution in [2.45, 2.75) is 6.92 Å². The van der Waals surface area contributed by atoms with Crippen molar-refractivity contribution in [2.75, 3.05) is 14.2 Å². The van der Waals surface area contributed by atoms with E-state index in [2.05, 4.69) is 10.3 Å². The number of nitrogens with zero attached hydrogens (tertiary/aromatic N) is 2. The second-order valence-electron chi connectivity index (χ2n) is 5.12. The minimum Gasteiger partial charge on any atom is -0.480 e. The van der Waals surface area contributed by atoms with Gasteiger partial charge in [0.2, 0.25) is 5.90 Å². The third kappa shape index (κ3) is 4.48. The molecule has 9 heteroatoms. The lowest BCUT2D eigenvalue weighted by Crippen LogP contribution is -2.17. The maximum atomic E-state index is 11.5. The summed E-state index contributed by atoms with van der Waals surface area (Å²) >= 11 is 5.92. The topological polar surface area (TPSA) is 103 Å². The average molecular weight is 378 g/mol. The quantitative estimate of drug-likeness (QED) is 0.374. The maximum Gasteiger partial charge on any atom is 0.343 e. The number of nitro groups is 1. The first-order valence-corrected chi connectivity index (χ1v) is 7.80. The van der Waals surface area contributed by atoms with Crippen LogP contribution in [0.3, 0.4) is 0 Å². The van der Waals surface area contributed by atoms with Gasteiger partial charge in [0, 0.05) is 24.2 Å². The van der Waals surface area contributed by atoms with Crippen molar-refractivity contribution in [3.63, 3.8) is 0 Å². The van der Waals surface area contributed by atoms with E-state index in [-0.39, 0.29) is 17.1 Å². The Bertz CT molecular complexity index is 883. The standard InChI is InChI=1S/C17H16ClN3O5/c1-10-8-11(18)4-7-15(10)26-12-5-6-14(21(23)24)13(9-12)16(25-3)20-17(22)19-2/h4-9H,1-3H3,(H,19,22). The van der Waals surface area contributed by atoms with Gasteiger partial charge in [-0.3, -0.25) is 10.1 Å². The summed E-state index contributed by atoms with van der Waals surface area (Å²) in [6, 6.07) is 8.49. The van der Waals surface area contributed by atoms with Gasteiger partial charge in [-0.15, -0.1) is 0 Å². The largest absolute Gasteiger partial charge is 0.480 e. The summed E-state index contributed by atoms with van der Waals surface area (Å²) in [4.78, 5) is 25.9. The molecule has 0 aliphatic heterocycles. The molecular formula is C17H16ClN3O5. The number of nitro benzene ring substituents is 1. The van der Waals surface area contributed by atoms with E-state index in [1.807, 2.05) is 6.92 Å². The number of methoxy groups -OCH3 is 1. The van der Waals surface area contributed by atoms with E-state index in [4.69, 9.17) is 21.1 Å². The van der Waals surface area contributed by atoms with E-state index in [0.29, 0.717) is 16.5 Å². The number of benzene rings is 2. The lowest BCUT2D eigenvalue weighted by Gasteiger charge is -2.11. The van der Waals surface area contributed by atoms with Crippen molar-refractivity contribution in [3.8, 4) is 11.5 Å². The molecule has 2 amide bonds. The number of hydrogen-bond donors (Lipinski definition) is 1. The van der Waals surface area contributed by atoms with Gasteiger partial charge in [-0.05, 0) is 36.8 Å². The number of amides is 2. The fourth-order valence-electron chi connectivity index (χ4n) is 2.13. The van der Waals surface area contributed by atoms with Gasteiger partial charge in [0.1, 0.15) is 17.1 Å². The number of aliphatic imine (C=N–C) groups is 1. The smallest absolute Gasteiger partial charge is 0.343 e. The number of ether oxygens (including phenoxy) is 2. The highest BCUT2D eigenvalue weighted by Gasteiger charge is 2.21. The lowest BCUT2D eigenvalue weighted by atomic mass is 10.1. The summed E-state index contributed by atoms with van der Waals surface area (Å²) < 4.78 is 10.8. The van der Waals surface area contributed by atoms with Crippen LogP contribution in [0.4, 0.5) is 10.5 Å². The van der Waals surface area contributed by atoms with Gasteiger partial charge >= 0.3 is 6.03 Å². The molecular weight excluding hydrogens is 362 g/mol. The molecule has 1 N–H and O–H groups in total. The van der Waals surface area contributed by atoms with Gasteiger partial charge < -0.3 is 14.8 Å². The second-order valence-corrected chi connectivity index (χ2v) is 5.56. The van der Waals surface area contributed by atoms with Gasteiger partial charge in [-0.25, -0.2) is 4.79 Å². The Balaban J connectivity index is 2.49. The number of rotatable bonds is 4. The molecule has 0 heterocycles. The highest BCUT2D eigenvalue weighted by Crippen LogP contribution is 2.31. The van der Waals surface area contributed by atoms with Crippen LogP contribution in [0.1, 0.15) is 11.1 Å². The molecule has 0 saturated carbocycles. The Kier molecular flexibility index (Phi) is 6.13. The van der Waals surface area contributed by atoms with Gasteiger partial charge in [-0.2, -0.15) is 4.99 Å². The van der Waals surface area contributed by atoms with Gasteiger partial charge in [0.15, 0.2) is 0 Å². The average Bonchev–Trinajstić information content (AvgIpc) is 2.61. The summed E-state index contributed by atoms with van der Waals surface area (Å²) in [5.41, 5.74) is 0.545. The summed E-state index contributed by atoms with van der Waals surface area (Å²) in [6.07, 6.45) is 0. The number of nitrogens with one attached hydrogen (secondary N) is 1. The monoisotopic (exact) mass is 377 g/mol. The lowest BCUT2D eigenvalue weighted by molar-refractivity contribution is -0.385. The Labute approximate surface area is 154 Å². The molecule has 136 valence electrons.